The van der Waals surface area contributed by atoms with Gasteiger partial charge in [0.15, 0.2) is 5.82 Å². The maximum absolute atomic E-state index is 5.13. The van der Waals surface area contributed by atoms with Gasteiger partial charge in [0, 0.05) is 38.9 Å². The van der Waals surface area contributed by atoms with E-state index >= 15 is 0 Å². The Morgan fingerprint density at radius 2 is 1.02 bits per heavy atom. The second-order valence-electron chi connectivity index (χ2n) is 10.1. The number of pyridine rings is 2. The van der Waals surface area contributed by atoms with Crippen molar-refractivity contribution in [3.05, 3.63) is 133 Å². The summed E-state index contributed by atoms with van der Waals surface area (Å²) in [5.74, 6) is 0.688. The van der Waals surface area contributed by atoms with Gasteiger partial charge in [0.2, 0.25) is 0 Å². The molecule has 0 bridgehead atoms. The first-order chi connectivity index (χ1) is 19.6. The van der Waals surface area contributed by atoms with Crippen LogP contribution in [-0.2, 0) is 0 Å². The highest BCUT2D eigenvalue weighted by Crippen LogP contribution is 2.34. The summed E-state index contributed by atoms with van der Waals surface area (Å²) in [6.07, 6.45) is 0. The molecule has 0 aliphatic rings. The minimum Gasteiger partial charge on any atom is -0.251 e. The molecule has 0 spiro atoms. The fourth-order valence-electron chi connectivity index (χ4n) is 5.22. The minimum absolute atomic E-state index is 0.688. The summed E-state index contributed by atoms with van der Waals surface area (Å²) in [5.41, 5.74) is 10.8. The third-order valence-corrected chi connectivity index (χ3v) is 7.23. The summed E-state index contributed by atoms with van der Waals surface area (Å²) in [6, 6.07) is 41.7. The molecule has 4 aromatic carbocycles. The molecule has 7 rings (SSSR count). The summed E-state index contributed by atoms with van der Waals surface area (Å²) < 4.78 is 0. The second-order valence-corrected chi connectivity index (χ2v) is 10.1. The molecule has 0 N–H and O–H groups in total. The first-order valence-electron chi connectivity index (χ1n) is 13.4. The van der Waals surface area contributed by atoms with E-state index in [1.807, 2.05) is 44.2 Å². The third-order valence-electron chi connectivity index (χ3n) is 7.23. The van der Waals surface area contributed by atoms with Gasteiger partial charge in [-0.3, -0.25) is 9.97 Å². The van der Waals surface area contributed by atoms with Gasteiger partial charge in [-0.15, -0.1) is 0 Å². The van der Waals surface area contributed by atoms with Gasteiger partial charge in [0.05, 0.1) is 22.4 Å². The van der Waals surface area contributed by atoms with Gasteiger partial charge in [0.25, 0.3) is 0 Å². The molecule has 0 amide bonds. The molecule has 4 nitrogen and oxygen atoms in total. The number of hydrogen-bond donors (Lipinski definition) is 0. The first-order valence-corrected chi connectivity index (χ1v) is 13.4. The van der Waals surface area contributed by atoms with Gasteiger partial charge in [-0.2, -0.15) is 0 Å². The van der Waals surface area contributed by atoms with Gasteiger partial charge < -0.3 is 0 Å². The van der Waals surface area contributed by atoms with Crippen molar-refractivity contribution < 1.29 is 0 Å². The van der Waals surface area contributed by atoms with Crippen LogP contribution in [0.4, 0.5) is 0 Å². The number of benzene rings is 4. The number of hydrogen-bond acceptors (Lipinski definition) is 4. The van der Waals surface area contributed by atoms with Crippen LogP contribution in [0.5, 0.6) is 0 Å². The summed E-state index contributed by atoms with van der Waals surface area (Å²) in [4.78, 5) is 19.9. The van der Waals surface area contributed by atoms with Crippen molar-refractivity contribution in [1.82, 2.24) is 19.9 Å². The lowest BCUT2D eigenvalue weighted by molar-refractivity contribution is 1.18. The topological polar surface area (TPSA) is 51.6 Å². The van der Waals surface area contributed by atoms with Crippen LogP contribution in [0.1, 0.15) is 11.4 Å². The van der Waals surface area contributed by atoms with Crippen molar-refractivity contribution in [3.8, 4) is 45.0 Å². The van der Waals surface area contributed by atoms with E-state index < -0.39 is 0 Å². The van der Waals surface area contributed by atoms with Crippen LogP contribution >= 0.6 is 0 Å². The Kier molecular flexibility index (Phi) is 5.86. The highest BCUT2D eigenvalue weighted by atomic mass is 14.9. The molecule has 40 heavy (non-hydrogen) atoms. The van der Waals surface area contributed by atoms with Crippen molar-refractivity contribution >= 4 is 21.8 Å². The van der Waals surface area contributed by atoms with Gasteiger partial charge in [-0.1, -0.05) is 103 Å². The number of aromatic nitrogens is 4. The van der Waals surface area contributed by atoms with Crippen LogP contribution in [0, 0.1) is 13.8 Å². The normalized spacial score (nSPS) is 11.2. The van der Waals surface area contributed by atoms with Gasteiger partial charge in [-0.25, -0.2) is 9.97 Å². The van der Waals surface area contributed by atoms with Gasteiger partial charge >= 0.3 is 0 Å². The summed E-state index contributed by atoms with van der Waals surface area (Å²) >= 11 is 0. The lowest BCUT2D eigenvalue weighted by atomic mass is 10.00. The zero-order valence-electron chi connectivity index (χ0n) is 22.3. The summed E-state index contributed by atoms with van der Waals surface area (Å²) in [5, 5.41) is 2.10. The smallest absolute Gasteiger partial charge is 0.160 e. The van der Waals surface area contributed by atoms with Crippen molar-refractivity contribution in [3.63, 3.8) is 0 Å². The zero-order valence-corrected chi connectivity index (χ0v) is 22.3. The van der Waals surface area contributed by atoms with Crippen LogP contribution in [0.3, 0.4) is 0 Å². The number of fused-ring (bicyclic) bond motifs is 3. The van der Waals surface area contributed by atoms with Gasteiger partial charge in [0.1, 0.15) is 0 Å². The molecule has 0 radical (unpaired) electrons. The van der Waals surface area contributed by atoms with E-state index in [2.05, 4.69) is 91.0 Å². The largest absolute Gasteiger partial charge is 0.251 e. The standard InChI is InChI=1S/C36H26N4/c1-23-13-14-28-19-20-30-31(21-24(2)38-35(30)34(28)37-23)33-22-32(27-11-7-4-8-12-27)39-36(40-33)29-17-15-26(16-18-29)25-9-5-3-6-10-25/h3-22H,1-2H3. The predicted molar refractivity (Wildman–Crippen MR) is 164 cm³/mol. The molecule has 7 aromatic rings. The van der Waals surface area contributed by atoms with E-state index in [4.69, 9.17) is 19.9 Å². The minimum atomic E-state index is 0.688. The van der Waals surface area contributed by atoms with Gasteiger partial charge in [-0.05, 0) is 43.2 Å². The van der Waals surface area contributed by atoms with E-state index in [1.54, 1.807) is 0 Å². The number of rotatable bonds is 4. The van der Waals surface area contributed by atoms with E-state index in [-0.39, 0.29) is 0 Å². The fourth-order valence-corrected chi connectivity index (χ4v) is 5.22. The van der Waals surface area contributed by atoms with E-state index in [0.29, 0.717) is 5.82 Å². The second kappa shape index (κ2) is 9.83. The van der Waals surface area contributed by atoms with E-state index in [0.717, 1.165) is 66.8 Å². The average Bonchev–Trinajstić information content (AvgIpc) is 3.01. The van der Waals surface area contributed by atoms with Crippen LogP contribution in [0.25, 0.3) is 66.8 Å². The molecule has 0 fully saturated rings. The lowest BCUT2D eigenvalue weighted by Crippen LogP contribution is -1.98. The maximum Gasteiger partial charge on any atom is 0.160 e. The van der Waals surface area contributed by atoms with Crippen molar-refractivity contribution in [2.75, 3.05) is 0 Å². The summed E-state index contributed by atoms with van der Waals surface area (Å²) in [6.45, 7) is 4.04. The average molecular weight is 515 g/mol. The SMILES string of the molecule is Cc1ccc2ccc3c(-c4cc(-c5ccccc5)nc(-c5ccc(-c6ccccc6)cc5)n4)cc(C)nc3c2n1. The molecule has 0 saturated carbocycles. The van der Waals surface area contributed by atoms with Crippen molar-refractivity contribution in [2.45, 2.75) is 13.8 Å². The molecular formula is C36H26N4. The highest BCUT2D eigenvalue weighted by Gasteiger charge is 2.16. The molecule has 4 heteroatoms. The summed E-state index contributed by atoms with van der Waals surface area (Å²) in [7, 11) is 0. The molecule has 0 saturated heterocycles. The Hall–Kier alpha value is -5.22. The molecule has 3 heterocycles. The Balaban J connectivity index is 1.44. The molecule has 0 unspecified atom stereocenters. The molecule has 190 valence electrons. The molecular weight excluding hydrogens is 488 g/mol. The molecule has 0 aliphatic heterocycles. The predicted octanol–water partition coefficient (Wildman–Crippen LogP) is 8.86. The van der Waals surface area contributed by atoms with E-state index in [9.17, 15) is 0 Å². The monoisotopic (exact) mass is 514 g/mol. The maximum atomic E-state index is 5.13. The molecule has 0 aliphatic carbocycles. The third kappa shape index (κ3) is 4.40. The highest BCUT2D eigenvalue weighted by molar-refractivity contribution is 6.08. The Morgan fingerprint density at radius 1 is 0.425 bits per heavy atom. The zero-order chi connectivity index (χ0) is 27.1. The van der Waals surface area contributed by atoms with Crippen molar-refractivity contribution in [1.29, 1.82) is 0 Å². The molecule has 3 aromatic heterocycles. The number of aryl methyl sites for hydroxylation is 2. The van der Waals surface area contributed by atoms with Crippen LogP contribution in [-0.4, -0.2) is 19.9 Å². The van der Waals surface area contributed by atoms with Crippen molar-refractivity contribution in [2.24, 2.45) is 0 Å². The van der Waals surface area contributed by atoms with Crippen LogP contribution in [0.15, 0.2) is 121 Å². The van der Waals surface area contributed by atoms with Crippen LogP contribution < -0.4 is 0 Å². The first kappa shape index (κ1) is 23.9. The number of nitrogens with zero attached hydrogens (tertiary/aromatic N) is 4. The van der Waals surface area contributed by atoms with Crippen LogP contribution in [0.2, 0.25) is 0 Å². The fraction of sp³-hybridized carbons (Fsp3) is 0.0556. The molecule has 0 atom stereocenters. The Morgan fingerprint density at radius 3 is 1.77 bits per heavy atom. The van der Waals surface area contributed by atoms with E-state index in [1.165, 1.54) is 5.56 Å². The quantitative estimate of drug-likeness (QED) is 0.220. The Labute approximate surface area is 233 Å². The Bertz CT molecular complexity index is 2000. The lowest BCUT2D eigenvalue weighted by Gasteiger charge is -2.13.